The van der Waals surface area contributed by atoms with E-state index in [9.17, 15) is 45.5 Å². The number of ether oxygens (including phenoxy) is 2. The van der Waals surface area contributed by atoms with Crippen LogP contribution in [0.4, 0.5) is 70.6 Å². The Balaban J connectivity index is 0.000000414. The predicted molar refractivity (Wildman–Crippen MR) is 329 cm³/mol. The number of carbonyl (C=O) groups is 4. The van der Waals surface area contributed by atoms with Crippen molar-refractivity contribution in [1.29, 1.82) is 0 Å². The van der Waals surface area contributed by atoms with E-state index in [1.807, 2.05) is 81.4 Å². The number of halogens is 7. The second-order valence-corrected chi connectivity index (χ2v) is 21.8. The molecule has 6 amide bonds. The summed E-state index contributed by atoms with van der Waals surface area (Å²) in [6, 6.07) is 16.7. The number of aryl methyl sites for hydroxylation is 2. The third-order valence-electron chi connectivity index (χ3n) is 13.1. The third-order valence-corrected chi connectivity index (χ3v) is 13.7. The fourth-order valence-electron chi connectivity index (χ4n) is 8.50. The first kappa shape index (κ1) is 73.5. The summed E-state index contributed by atoms with van der Waals surface area (Å²) in [5.74, 6) is -0.116. The summed E-state index contributed by atoms with van der Waals surface area (Å²) < 4.78 is 98.3. The lowest BCUT2D eigenvalue weighted by Gasteiger charge is -2.32. The highest BCUT2D eigenvalue weighted by Gasteiger charge is 2.52. The number of benzene rings is 2. The number of alkyl halides is 6. The average molecular weight is 1310 g/mol. The lowest BCUT2D eigenvalue weighted by molar-refractivity contribution is -0.144. The summed E-state index contributed by atoms with van der Waals surface area (Å²) >= 11 is 2.11. The second kappa shape index (κ2) is 33.8. The molecule has 7 rings (SSSR count). The standard InChI is InChI=1S/C21H24F3N5O2.C20H28BF3N2O3.C7H8IN3O.2C4H10O.H2S/c1-12-3-4-16(27-20(31)29-6-5-14(11-29)10-21(22,23)24)9-17(12)15-7-18(25)28-19(8-15)26-13(2)30;1-13-6-7-15(10-16(13)21-28-18(2,3)19(4,5)29-21)25-17(27)26-9-8-14(12-26)11-20(22,23)24;1-4(12)10-7-3-5(8)2-6(9)11-7;2*1-3-5-4-2;/h3-4,7-9,14H,5-6,10-11H2,1-2H3,(H,27,31)(H3,25,26,28,30);6-7,10,14H,8-9,11-12H2,1-5H3,(H,25,27);2-3H,1H3,(H3,9,10,11,12);2*3-4H2,1-2H3;1H2/t2*14-;;;;/m00..../s1. The number of nitrogen functional groups attached to an aromatic ring is 2. The number of nitrogens with two attached hydrogens (primary N) is 2. The number of aromatic nitrogens is 2. The molecule has 3 saturated heterocycles. The monoisotopic (exact) mass is 1310 g/mol. The first-order valence-electron chi connectivity index (χ1n) is 26.9. The highest BCUT2D eigenvalue weighted by Crippen LogP contribution is 2.38. The molecule has 27 heteroatoms. The van der Waals surface area contributed by atoms with Crippen LogP contribution in [0.1, 0.15) is 106 Å². The molecule has 83 heavy (non-hydrogen) atoms. The number of hydrogen-bond acceptors (Lipinski definition) is 12. The van der Waals surface area contributed by atoms with Crippen molar-refractivity contribution in [2.75, 3.05) is 85.3 Å². The van der Waals surface area contributed by atoms with Gasteiger partial charge in [0.1, 0.15) is 23.3 Å². The summed E-state index contributed by atoms with van der Waals surface area (Å²) in [6.45, 7) is 26.6. The van der Waals surface area contributed by atoms with Gasteiger partial charge in [0.05, 0.1) is 11.2 Å². The van der Waals surface area contributed by atoms with Crippen molar-refractivity contribution in [2.45, 2.75) is 132 Å². The molecule has 4 aromatic rings. The van der Waals surface area contributed by atoms with Gasteiger partial charge in [-0.1, -0.05) is 17.7 Å². The van der Waals surface area contributed by atoms with Crippen LogP contribution in [-0.2, 0) is 28.4 Å². The molecule has 5 heterocycles. The zero-order valence-electron chi connectivity index (χ0n) is 49.3. The summed E-state index contributed by atoms with van der Waals surface area (Å²) in [7, 11) is -0.556. The highest BCUT2D eigenvalue weighted by molar-refractivity contribution is 14.1. The lowest BCUT2D eigenvalue weighted by atomic mass is 9.76. The third kappa shape index (κ3) is 26.0. The van der Waals surface area contributed by atoms with E-state index in [4.69, 9.17) is 30.2 Å². The van der Waals surface area contributed by atoms with Crippen molar-refractivity contribution < 1.29 is 64.3 Å². The summed E-state index contributed by atoms with van der Waals surface area (Å²) in [6.07, 6.45) is -9.48. The van der Waals surface area contributed by atoms with E-state index >= 15 is 0 Å². The van der Waals surface area contributed by atoms with Crippen LogP contribution in [0, 0.1) is 29.3 Å². The van der Waals surface area contributed by atoms with E-state index in [0.29, 0.717) is 53.8 Å². The van der Waals surface area contributed by atoms with Gasteiger partial charge in [0, 0.05) is 94.2 Å². The van der Waals surface area contributed by atoms with Gasteiger partial charge in [-0.15, -0.1) is 0 Å². The maximum Gasteiger partial charge on any atom is 0.495 e. The first-order valence-corrected chi connectivity index (χ1v) is 28.0. The topological polar surface area (TPSA) is 238 Å². The molecule has 8 N–H and O–H groups in total. The Labute approximate surface area is 504 Å². The molecule has 2 aromatic carbocycles. The summed E-state index contributed by atoms with van der Waals surface area (Å²) in [5, 5.41) is 10.7. The molecule has 2 aromatic heterocycles. The van der Waals surface area contributed by atoms with Gasteiger partial charge in [-0.2, -0.15) is 39.8 Å². The predicted octanol–water partition coefficient (Wildman–Crippen LogP) is 11.9. The Morgan fingerprint density at radius 1 is 0.651 bits per heavy atom. The molecular weight excluding hydrogens is 1220 g/mol. The van der Waals surface area contributed by atoms with Crippen LogP contribution in [0.15, 0.2) is 60.7 Å². The minimum atomic E-state index is -4.23. The molecule has 18 nitrogen and oxygen atoms in total. The maximum absolute atomic E-state index is 12.6. The van der Waals surface area contributed by atoms with Crippen LogP contribution in [0.5, 0.6) is 0 Å². The van der Waals surface area contributed by atoms with Gasteiger partial charge in [-0.05, 0) is 187 Å². The SMILES string of the molecule is CC(=O)Nc1cc(-c2cc(NC(=O)N3CC[C@@H](CC(F)(F)F)C3)ccc2C)cc(N)n1.CC(=O)Nc1cc(I)cc(N)n1.CCOCC.CCOCC.Cc1ccc(NC(=O)N2CC[C@@H](CC(F)(F)F)C2)cc1B1OC(C)(C)C(C)(C)O1.S. The molecule has 0 unspecified atom stereocenters. The summed E-state index contributed by atoms with van der Waals surface area (Å²) in [4.78, 5) is 57.9. The molecule has 3 aliphatic heterocycles. The highest BCUT2D eigenvalue weighted by atomic mass is 127. The van der Waals surface area contributed by atoms with E-state index in [-0.39, 0.29) is 50.8 Å². The Kier molecular flexibility index (Phi) is 29.9. The lowest BCUT2D eigenvalue weighted by Crippen LogP contribution is -2.41. The Morgan fingerprint density at radius 3 is 1.46 bits per heavy atom. The van der Waals surface area contributed by atoms with E-state index in [1.165, 1.54) is 23.6 Å². The normalized spacial score (nSPS) is 16.7. The summed E-state index contributed by atoms with van der Waals surface area (Å²) in [5.41, 5.74) is 15.6. The van der Waals surface area contributed by atoms with Crippen LogP contribution in [-0.4, -0.2) is 127 Å². The number of amides is 6. The van der Waals surface area contributed by atoms with E-state index in [2.05, 4.69) is 53.8 Å². The van der Waals surface area contributed by atoms with Gasteiger partial charge in [0.15, 0.2) is 0 Å². The Bertz CT molecular complexity index is 2700. The molecule has 3 fully saturated rings. The first-order chi connectivity index (χ1) is 38.2. The van der Waals surface area contributed by atoms with Crippen LogP contribution in [0.3, 0.4) is 0 Å². The zero-order chi connectivity index (χ0) is 61.8. The van der Waals surface area contributed by atoms with Crippen molar-refractivity contribution in [3.63, 3.8) is 0 Å². The van der Waals surface area contributed by atoms with Gasteiger partial charge >= 0.3 is 31.5 Å². The number of urea groups is 2. The van der Waals surface area contributed by atoms with Crippen LogP contribution < -0.4 is 38.2 Å². The molecule has 3 aliphatic rings. The van der Waals surface area contributed by atoms with Crippen LogP contribution in [0.2, 0.25) is 0 Å². The smallest absolute Gasteiger partial charge is 0.399 e. The van der Waals surface area contributed by atoms with Gasteiger partial charge in [-0.25, -0.2) is 19.6 Å². The minimum Gasteiger partial charge on any atom is -0.399 e. The van der Waals surface area contributed by atoms with Crippen LogP contribution >= 0.6 is 36.1 Å². The van der Waals surface area contributed by atoms with Gasteiger partial charge in [-0.3, -0.25) is 9.59 Å². The number of anilines is 6. The van der Waals surface area contributed by atoms with Crippen molar-refractivity contribution in [1.82, 2.24) is 19.8 Å². The van der Waals surface area contributed by atoms with Crippen LogP contribution in [0.25, 0.3) is 11.1 Å². The zero-order valence-corrected chi connectivity index (χ0v) is 52.5. The van der Waals surface area contributed by atoms with Crippen molar-refractivity contribution >= 4 is 107 Å². The Morgan fingerprint density at radius 2 is 1.06 bits per heavy atom. The molecule has 0 aliphatic carbocycles. The van der Waals surface area contributed by atoms with E-state index in [1.54, 1.807) is 48.5 Å². The van der Waals surface area contributed by atoms with Crippen molar-refractivity contribution in [2.24, 2.45) is 11.8 Å². The Hall–Kier alpha value is -5.62. The fourth-order valence-corrected chi connectivity index (χ4v) is 9.12. The van der Waals surface area contributed by atoms with Crippen molar-refractivity contribution in [3.8, 4) is 11.1 Å². The molecule has 0 bridgehead atoms. The molecule has 0 spiro atoms. The maximum atomic E-state index is 12.6. The number of likely N-dealkylation sites (tertiary alicyclic amines) is 2. The number of nitrogens with one attached hydrogen (secondary N) is 4. The van der Waals surface area contributed by atoms with Gasteiger partial charge in [0.25, 0.3) is 0 Å². The van der Waals surface area contributed by atoms with Gasteiger partial charge < -0.3 is 61.3 Å². The molecule has 0 radical (unpaired) electrons. The quantitative estimate of drug-likeness (QED) is 0.0441. The number of rotatable bonds is 12. The van der Waals surface area contributed by atoms with E-state index < -0.39 is 67.4 Å². The molecular formula is C56H82BF6IN10O8S. The number of hydrogen-bond donors (Lipinski definition) is 6. The number of pyridine rings is 2. The van der Waals surface area contributed by atoms with Crippen molar-refractivity contribution in [3.05, 3.63) is 75.4 Å². The van der Waals surface area contributed by atoms with Gasteiger partial charge in [0.2, 0.25) is 11.8 Å². The number of carbonyl (C=O) groups excluding carboxylic acids is 4. The van der Waals surface area contributed by atoms with E-state index in [0.717, 1.165) is 52.2 Å². The second-order valence-electron chi connectivity index (χ2n) is 20.6. The molecule has 0 saturated carbocycles. The number of nitrogens with zero attached hydrogens (tertiary/aromatic N) is 4. The molecule has 2 atom stereocenters. The largest absolute Gasteiger partial charge is 0.495 e. The minimum absolute atomic E-state index is 0. The average Bonchev–Trinajstić information content (AvgIpc) is 4.31. The fraction of sp³-hybridized carbons (Fsp3) is 0.536. The molecule has 462 valence electrons.